The largest absolute Gasteiger partial charge is 0.330 e. The lowest BCUT2D eigenvalue weighted by Crippen LogP contribution is -2.24. The van der Waals surface area contributed by atoms with Gasteiger partial charge in [0.2, 0.25) is 5.91 Å². The van der Waals surface area contributed by atoms with Gasteiger partial charge in [0.25, 0.3) is 0 Å². The smallest absolute Gasteiger partial charge is 0.312 e. The summed E-state index contributed by atoms with van der Waals surface area (Å²) in [5.41, 5.74) is 7.82. The zero-order chi connectivity index (χ0) is 24.4. The van der Waals surface area contributed by atoms with Gasteiger partial charge in [-0.2, -0.15) is 0 Å². The van der Waals surface area contributed by atoms with Crippen molar-refractivity contribution in [3.05, 3.63) is 46.6 Å². The lowest BCUT2D eigenvalue weighted by atomic mass is 10.0. The van der Waals surface area contributed by atoms with Gasteiger partial charge in [0.05, 0.1) is 12.8 Å². The van der Waals surface area contributed by atoms with Crippen LogP contribution < -0.4 is 5.48 Å². The van der Waals surface area contributed by atoms with Crippen LogP contribution in [0.25, 0.3) is 0 Å². The number of hydroxylamine groups is 1. The van der Waals surface area contributed by atoms with Gasteiger partial charge in [0, 0.05) is 20.6 Å². The van der Waals surface area contributed by atoms with Gasteiger partial charge in [-0.1, -0.05) is 46.6 Å². The predicted octanol–water partition coefficient (Wildman–Crippen LogP) is 7.06. The molecule has 0 heterocycles. The van der Waals surface area contributed by atoms with Crippen LogP contribution >= 0.6 is 7.60 Å². The molecule has 0 spiro atoms. The number of nitrogens with one attached hydrogen (secondary N) is 1. The summed E-state index contributed by atoms with van der Waals surface area (Å²) in [5.74, 6) is -0.356. The van der Waals surface area contributed by atoms with Gasteiger partial charge in [-0.05, 0) is 73.1 Å². The summed E-state index contributed by atoms with van der Waals surface area (Å²) in [6.07, 6.45) is 15.3. The van der Waals surface area contributed by atoms with E-state index >= 15 is 0 Å². The summed E-state index contributed by atoms with van der Waals surface area (Å²) in [7, 11) is -0.569. The average Bonchev–Trinajstić information content (AvgIpc) is 2.74. The van der Waals surface area contributed by atoms with Crippen LogP contribution in [0.2, 0.25) is 0 Å². The fraction of sp³-hybridized carbons (Fsp3) is 0.640. The minimum atomic E-state index is -3.17. The highest BCUT2D eigenvalue weighted by Gasteiger charge is 2.22. The van der Waals surface area contributed by atoms with Crippen molar-refractivity contribution in [2.24, 2.45) is 0 Å². The molecule has 0 saturated carbocycles. The Morgan fingerprint density at radius 2 is 1.22 bits per heavy atom. The van der Waals surface area contributed by atoms with Crippen LogP contribution in [0.3, 0.4) is 0 Å². The van der Waals surface area contributed by atoms with Crippen molar-refractivity contribution in [2.45, 2.75) is 79.6 Å². The van der Waals surface area contributed by atoms with Crippen LogP contribution in [-0.2, 0) is 23.2 Å². The second-order valence-electron chi connectivity index (χ2n) is 8.33. The van der Waals surface area contributed by atoms with Crippen molar-refractivity contribution in [2.75, 3.05) is 27.0 Å². The second kappa shape index (κ2) is 18.0. The normalized spacial score (nSPS) is 13.3. The Kier molecular flexibility index (Phi) is 17.2. The number of rotatable bonds is 17. The molecule has 6 nitrogen and oxygen atoms in total. The Hall–Kier alpha value is -1.46. The molecule has 0 rings (SSSR count). The van der Waals surface area contributed by atoms with Crippen LogP contribution in [0, 0.1) is 0 Å². The molecule has 0 saturated heterocycles. The first-order valence-electron chi connectivity index (χ1n) is 11.3. The van der Waals surface area contributed by atoms with E-state index in [0.29, 0.717) is 6.61 Å². The molecule has 0 aromatic carbocycles. The van der Waals surface area contributed by atoms with Crippen molar-refractivity contribution in [3.63, 3.8) is 0 Å². The van der Waals surface area contributed by atoms with Gasteiger partial charge < -0.3 is 9.05 Å². The lowest BCUT2D eigenvalue weighted by Gasteiger charge is -2.12. The summed E-state index contributed by atoms with van der Waals surface area (Å²) in [4.78, 5) is 16.9. The molecular weight excluding hydrogens is 425 g/mol. The third-order valence-corrected chi connectivity index (χ3v) is 6.91. The first kappa shape index (κ1) is 30.5. The zero-order valence-electron chi connectivity index (χ0n) is 21.2. The fourth-order valence-electron chi connectivity index (χ4n) is 2.84. The Morgan fingerprint density at radius 3 is 1.69 bits per heavy atom. The molecule has 0 atom stereocenters. The molecule has 1 N–H and O–H groups in total. The molecular formula is C25H44NO5P. The first-order valence-corrected chi connectivity index (χ1v) is 13.1. The highest BCUT2D eigenvalue weighted by atomic mass is 31.2. The topological polar surface area (TPSA) is 73.9 Å². The molecule has 0 fully saturated rings. The fourth-order valence-corrected chi connectivity index (χ4v) is 3.83. The third-order valence-electron chi connectivity index (χ3n) is 5.02. The number of hydrogen-bond donors (Lipinski definition) is 1. The average molecular weight is 470 g/mol. The maximum Gasteiger partial charge on any atom is 0.330 e. The molecule has 0 aromatic rings. The van der Waals surface area contributed by atoms with Crippen LogP contribution in [-0.4, -0.2) is 32.9 Å². The molecule has 0 radical (unpaired) electrons. The first-order chi connectivity index (χ1) is 15.1. The Bertz CT molecular complexity index is 710. The van der Waals surface area contributed by atoms with Crippen LogP contribution in [0.1, 0.15) is 79.6 Å². The number of carbonyl (C=O) groups is 1. The van der Waals surface area contributed by atoms with Crippen LogP contribution in [0.4, 0.5) is 0 Å². The number of allylic oxidation sites excluding steroid dienone is 7. The molecule has 32 heavy (non-hydrogen) atoms. The quantitative estimate of drug-likeness (QED) is 0.107. The number of carbonyl (C=O) groups excluding carboxylic acids is 1. The van der Waals surface area contributed by atoms with Crippen molar-refractivity contribution < 1.29 is 23.2 Å². The standard InChI is InChI=1S/C25H44NO5P/c1-21(2)11-8-12-22(3)13-9-14-23(4)15-10-16-24(5)17-19-31-26-25(27)18-20-32(28,29-6)30-7/h11,13,15,17H,8-10,12,14,16,18-20H2,1-7H3,(H,26,27)/b22-13+,23-15+,24-17+. The summed E-state index contributed by atoms with van der Waals surface area (Å²) in [5, 5.41) is 0. The highest BCUT2D eigenvalue weighted by Crippen LogP contribution is 2.46. The van der Waals surface area contributed by atoms with Gasteiger partial charge in [0.1, 0.15) is 0 Å². The van der Waals surface area contributed by atoms with Crippen molar-refractivity contribution in [1.29, 1.82) is 0 Å². The molecule has 0 bridgehead atoms. The van der Waals surface area contributed by atoms with E-state index in [0.717, 1.165) is 38.5 Å². The van der Waals surface area contributed by atoms with Crippen molar-refractivity contribution in [3.8, 4) is 0 Å². The molecule has 0 aliphatic carbocycles. The number of amides is 1. The van der Waals surface area contributed by atoms with Crippen LogP contribution in [0.15, 0.2) is 46.6 Å². The third kappa shape index (κ3) is 17.1. The van der Waals surface area contributed by atoms with Crippen LogP contribution in [0.5, 0.6) is 0 Å². The second-order valence-corrected chi connectivity index (χ2v) is 10.7. The monoisotopic (exact) mass is 469 g/mol. The van der Waals surface area contributed by atoms with Gasteiger partial charge in [0.15, 0.2) is 0 Å². The summed E-state index contributed by atoms with van der Waals surface area (Å²) in [6, 6.07) is 0. The van der Waals surface area contributed by atoms with Crippen molar-refractivity contribution in [1.82, 2.24) is 5.48 Å². The zero-order valence-corrected chi connectivity index (χ0v) is 22.1. The van der Waals surface area contributed by atoms with E-state index in [-0.39, 0.29) is 18.5 Å². The Balaban J connectivity index is 4.05. The molecule has 1 amide bonds. The van der Waals surface area contributed by atoms with Gasteiger partial charge >= 0.3 is 7.60 Å². The highest BCUT2D eigenvalue weighted by molar-refractivity contribution is 7.53. The van der Waals surface area contributed by atoms with Gasteiger partial charge in [-0.25, -0.2) is 5.48 Å². The molecule has 184 valence electrons. The molecule has 0 aliphatic heterocycles. The van der Waals surface area contributed by atoms with E-state index in [9.17, 15) is 9.36 Å². The SMILES string of the molecule is COP(=O)(CCC(=O)NOC/C=C(\C)CC/C=C(\C)CC/C=C(\C)CCC=C(C)C)OC. The molecule has 0 aromatic heterocycles. The summed E-state index contributed by atoms with van der Waals surface area (Å²) >= 11 is 0. The maximum atomic E-state index is 11.9. The summed E-state index contributed by atoms with van der Waals surface area (Å²) in [6.45, 7) is 11.0. The van der Waals surface area contributed by atoms with Gasteiger partial charge in [-0.15, -0.1) is 0 Å². The summed E-state index contributed by atoms with van der Waals surface area (Å²) < 4.78 is 21.5. The maximum absolute atomic E-state index is 11.9. The van der Waals surface area contributed by atoms with E-state index in [4.69, 9.17) is 13.9 Å². The van der Waals surface area contributed by atoms with E-state index in [2.05, 4.69) is 58.3 Å². The molecule has 0 unspecified atom stereocenters. The predicted molar refractivity (Wildman–Crippen MR) is 134 cm³/mol. The Morgan fingerprint density at radius 1 is 0.750 bits per heavy atom. The van der Waals surface area contributed by atoms with E-state index in [1.807, 2.05) is 6.08 Å². The van der Waals surface area contributed by atoms with Crippen molar-refractivity contribution >= 4 is 13.5 Å². The van der Waals surface area contributed by atoms with Gasteiger partial charge in [-0.3, -0.25) is 14.2 Å². The molecule has 0 aliphatic rings. The van der Waals surface area contributed by atoms with E-state index in [1.165, 1.54) is 36.5 Å². The minimum absolute atomic E-state index is 0.00982. The van der Waals surface area contributed by atoms with E-state index in [1.54, 1.807) is 0 Å². The lowest BCUT2D eigenvalue weighted by molar-refractivity contribution is -0.132. The van der Waals surface area contributed by atoms with E-state index < -0.39 is 7.60 Å². The minimum Gasteiger partial charge on any atom is -0.312 e. The molecule has 7 heteroatoms. The number of hydrogen-bond acceptors (Lipinski definition) is 5. The Labute approximate surface area is 195 Å².